The molecule has 20 heavy (non-hydrogen) atoms. The first-order chi connectivity index (χ1) is 9.54. The van der Waals surface area contributed by atoms with Crippen LogP contribution in [0.5, 0.6) is 0 Å². The molecule has 1 N–H and O–H groups in total. The van der Waals surface area contributed by atoms with Gasteiger partial charge in [-0.2, -0.15) is 0 Å². The second-order valence-corrected chi connectivity index (χ2v) is 6.93. The lowest BCUT2D eigenvalue weighted by atomic mass is 10.2. The Labute approximate surface area is 134 Å². The normalized spacial score (nSPS) is 14.3. The van der Waals surface area contributed by atoms with Crippen molar-refractivity contribution in [2.45, 2.75) is 25.8 Å². The predicted octanol–water partition coefficient (Wildman–Crippen LogP) is 4.91. The summed E-state index contributed by atoms with van der Waals surface area (Å²) in [6, 6.07) is 8.19. The van der Waals surface area contributed by atoms with E-state index in [4.69, 9.17) is 0 Å². The van der Waals surface area contributed by atoms with Gasteiger partial charge in [-0.05, 0) is 65.5 Å². The summed E-state index contributed by atoms with van der Waals surface area (Å²) in [6.07, 6.45) is 4.29. The van der Waals surface area contributed by atoms with Crippen molar-refractivity contribution in [1.29, 1.82) is 0 Å². The van der Waals surface area contributed by atoms with Gasteiger partial charge in [0.2, 0.25) is 0 Å². The lowest BCUT2D eigenvalue weighted by Crippen LogP contribution is -2.16. The fourth-order valence-corrected chi connectivity index (χ4v) is 3.15. The van der Waals surface area contributed by atoms with Gasteiger partial charge in [0.25, 0.3) is 5.91 Å². The van der Waals surface area contributed by atoms with Gasteiger partial charge in [0.05, 0.1) is 0 Å². The number of benzene rings is 1. The molecule has 1 amide bonds. The fraction of sp³-hybridized carbons (Fsp3) is 0.267. The molecule has 0 spiro atoms. The topological polar surface area (TPSA) is 34.0 Å². The van der Waals surface area contributed by atoms with Crippen LogP contribution in [0.1, 0.15) is 34.9 Å². The van der Waals surface area contributed by atoms with Gasteiger partial charge < -0.3 is 9.88 Å². The van der Waals surface area contributed by atoms with Crippen molar-refractivity contribution in [2.75, 3.05) is 5.32 Å². The van der Waals surface area contributed by atoms with Crippen molar-refractivity contribution >= 4 is 43.5 Å². The number of aryl methyl sites for hydroxylation is 1. The van der Waals surface area contributed by atoms with Crippen LogP contribution in [0.15, 0.2) is 39.4 Å². The second-order valence-electron chi connectivity index (χ2n) is 5.10. The average molecular weight is 398 g/mol. The minimum absolute atomic E-state index is 0.0620. The third-order valence-corrected chi connectivity index (χ3v) is 4.35. The van der Waals surface area contributed by atoms with Gasteiger partial charge in [0.1, 0.15) is 5.69 Å². The minimum Gasteiger partial charge on any atom is -0.339 e. The monoisotopic (exact) mass is 396 g/mol. The molecule has 1 fully saturated rings. The van der Waals surface area contributed by atoms with E-state index in [1.54, 1.807) is 0 Å². The summed E-state index contributed by atoms with van der Waals surface area (Å²) < 4.78 is 4.02. The summed E-state index contributed by atoms with van der Waals surface area (Å²) in [7, 11) is 0. The molecular formula is C15H14Br2N2O. The summed E-state index contributed by atoms with van der Waals surface area (Å²) in [5.41, 5.74) is 2.59. The number of carbonyl (C=O) groups excluding carboxylic acids is 1. The summed E-state index contributed by atoms with van der Waals surface area (Å²) in [5, 5.41) is 2.99. The van der Waals surface area contributed by atoms with Crippen LogP contribution in [-0.2, 0) is 0 Å². The van der Waals surface area contributed by atoms with E-state index in [-0.39, 0.29) is 5.91 Å². The molecule has 3 nitrogen and oxygen atoms in total. The van der Waals surface area contributed by atoms with E-state index in [0.29, 0.717) is 11.7 Å². The maximum Gasteiger partial charge on any atom is 0.272 e. The van der Waals surface area contributed by atoms with Gasteiger partial charge >= 0.3 is 0 Å². The zero-order chi connectivity index (χ0) is 14.3. The van der Waals surface area contributed by atoms with E-state index < -0.39 is 0 Å². The zero-order valence-corrected chi connectivity index (χ0v) is 14.2. The highest BCUT2D eigenvalue weighted by Crippen LogP contribution is 2.37. The molecule has 0 unspecified atom stereocenters. The summed E-state index contributed by atoms with van der Waals surface area (Å²) >= 11 is 6.88. The second kappa shape index (κ2) is 5.37. The highest BCUT2D eigenvalue weighted by Gasteiger charge is 2.27. The Morgan fingerprint density at radius 2 is 2.00 bits per heavy atom. The average Bonchev–Trinajstić information content (AvgIpc) is 3.16. The Balaban J connectivity index is 1.86. The molecule has 3 rings (SSSR count). The van der Waals surface area contributed by atoms with Crippen molar-refractivity contribution < 1.29 is 4.79 Å². The summed E-state index contributed by atoms with van der Waals surface area (Å²) in [4.78, 5) is 12.5. The molecule has 0 atom stereocenters. The van der Waals surface area contributed by atoms with E-state index in [1.165, 1.54) is 0 Å². The van der Waals surface area contributed by atoms with Crippen LogP contribution < -0.4 is 5.32 Å². The third kappa shape index (κ3) is 2.83. The van der Waals surface area contributed by atoms with E-state index in [2.05, 4.69) is 41.7 Å². The van der Waals surface area contributed by atoms with Crippen LogP contribution in [0.2, 0.25) is 0 Å². The van der Waals surface area contributed by atoms with Gasteiger partial charge in [0, 0.05) is 26.9 Å². The Kier molecular flexibility index (Phi) is 3.73. The number of carbonyl (C=O) groups is 1. The third-order valence-electron chi connectivity index (χ3n) is 3.42. The molecule has 0 radical (unpaired) electrons. The SMILES string of the molecule is Cc1cc(Br)ccc1NC(=O)c1cc(Br)cn1C1CC1. The number of amides is 1. The molecule has 1 heterocycles. The molecule has 1 aromatic carbocycles. The van der Waals surface area contributed by atoms with E-state index in [9.17, 15) is 4.79 Å². The Bertz CT molecular complexity index is 675. The highest BCUT2D eigenvalue weighted by molar-refractivity contribution is 9.10. The largest absolute Gasteiger partial charge is 0.339 e. The molecule has 104 valence electrons. The van der Waals surface area contributed by atoms with E-state index in [0.717, 1.165) is 33.0 Å². The summed E-state index contributed by atoms with van der Waals surface area (Å²) in [6.45, 7) is 1.98. The first-order valence-electron chi connectivity index (χ1n) is 6.49. The van der Waals surface area contributed by atoms with Crippen molar-refractivity contribution in [3.05, 3.63) is 50.7 Å². The lowest BCUT2D eigenvalue weighted by molar-refractivity contribution is 0.101. The molecule has 1 saturated carbocycles. The molecular weight excluding hydrogens is 384 g/mol. The molecule has 2 aromatic rings. The van der Waals surface area contributed by atoms with Crippen LogP contribution in [0.3, 0.4) is 0 Å². The van der Waals surface area contributed by atoms with Gasteiger partial charge in [-0.15, -0.1) is 0 Å². The first kappa shape index (κ1) is 13.9. The maximum atomic E-state index is 12.5. The van der Waals surface area contributed by atoms with Crippen molar-refractivity contribution in [3.8, 4) is 0 Å². The number of nitrogens with zero attached hydrogens (tertiary/aromatic N) is 1. The van der Waals surface area contributed by atoms with Crippen molar-refractivity contribution in [2.24, 2.45) is 0 Å². The molecule has 5 heteroatoms. The first-order valence-corrected chi connectivity index (χ1v) is 8.08. The van der Waals surface area contributed by atoms with Crippen LogP contribution in [0.4, 0.5) is 5.69 Å². The number of hydrogen-bond acceptors (Lipinski definition) is 1. The molecule has 1 aliphatic rings. The Hall–Kier alpha value is -1.07. The Morgan fingerprint density at radius 3 is 2.65 bits per heavy atom. The lowest BCUT2D eigenvalue weighted by Gasteiger charge is -2.11. The van der Waals surface area contributed by atoms with Gasteiger partial charge in [-0.3, -0.25) is 4.79 Å². The molecule has 0 saturated heterocycles. The number of aromatic nitrogens is 1. The van der Waals surface area contributed by atoms with E-state index >= 15 is 0 Å². The van der Waals surface area contributed by atoms with Crippen LogP contribution >= 0.6 is 31.9 Å². The standard InChI is InChI=1S/C15H14Br2N2O/c1-9-6-10(16)2-5-13(9)18-15(20)14-7-11(17)8-19(14)12-3-4-12/h2,5-8,12H,3-4H2,1H3,(H,18,20). The molecule has 0 bridgehead atoms. The molecule has 0 aliphatic heterocycles. The summed E-state index contributed by atoms with van der Waals surface area (Å²) in [5.74, 6) is -0.0620. The number of halogens is 2. The van der Waals surface area contributed by atoms with Crippen LogP contribution in [0.25, 0.3) is 0 Å². The molecule has 1 aliphatic carbocycles. The van der Waals surface area contributed by atoms with E-state index in [1.807, 2.05) is 37.4 Å². The minimum atomic E-state index is -0.0620. The molecule has 1 aromatic heterocycles. The number of hydrogen-bond donors (Lipinski definition) is 1. The van der Waals surface area contributed by atoms with Gasteiger partial charge in [-0.1, -0.05) is 15.9 Å². The number of nitrogens with one attached hydrogen (secondary N) is 1. The van der Waals surface area contributed by atoms with Gasteiger partial charge in [0.15, 0.2) is 0 Å². The fourth-order valence-electron chi connectivity index (χ4n) is 2.24. The van der Waals surface area contributed by atoms with Crippen LogP contribution in [-0.4, -0.2) is 10.5 Å². The number of rotatable bonds is 3. The predicted molar refractivity (Wildman–Crippen MR) is 87.2 cm³/mol. The zero-order valence-electron chi connectivity index (χ0n) is 11.0. The number of anilines is 1. The quantitative estimate of drug-likeness (QED) is 0.784. The Morgan fingerprint density at radius 1 is 1.25 bits per heavy atom. The van der Waals surface area contributed by atoms with Crippen molar-refractivity contribution in [1.82, 2.24) is 4.57 Å². The van der Waals surface area contributed by atoms with Crippen LogP contribution in [0, 0.1) is 6.92 Å². The smallest absolute Gasteiger partial charge is 0.272 e. The van der Waals surface area contributed by atoms with Gasteiger partial charge in [-0.25, -0.2) is 0 Å². The highest BCUT2D eigenvalue weighted by atomic mass is 79.9. The maximum absolute atomic E-state index is 12.5. The van der Waals surface area contributed by atoms with Crippen molar-refractivity contribution in [3.63, 3.8) is 0 Å².